The summed E-state index contributed by atoms with van der Waals surface area (Å²) in [7, 11) is 0. The lowest BCUT2D eigenvalue weighted by Gasteiger charge is -2.34. The largest absolute Gasteiger partial charge is 0.355 e. The quantitative estimate of drug-likeness (QED) is 0.640. The first-order chi connectivity index (χ1) is 9.65. The van der Waals surface area contributed by atoms with E-state index in [1.807, 2.05) is 13.8 Å². The minimum Gasteiger partial charge on any atom is -0.355 e. The molecule has 0 aromatic heterocycles. The van der Waals surface area contributed by atoms with E-state index in [2.05, 4.69) is 20.4 Å². The zero-order chi connectivity index (χ0) is 14.8. The Morgan fingerprint density at radius 1 is 0.800 bits per heavy atom. The third kappa shape index (κ3) is 6.86. The maximum atomic E-state index is 11.1. The van der Waals surface area contributed by atoms with Gasteiger partial charge in [-0.05, 0) is 0 Å². The zero-order valence-corrected chi connectivity index (χ0v) is 12.8. The number of hydrogen-bond donors (Lipinski definition) is 2. The number of nitrogens with zero attached hydrogens (tertiary/aromatic N) is 2. The number of carbonyl (C=O) groups is 2. The number of hydrogen-bond acceptors (Lipinski definition) is 4. The van der Waals surface area contributed by atoms with Gasteiger partial charge >= 0.3 is 0 Å². The van der Waals surface area contributed by atoms with Gasteiger partial charge in [-0.3, -0.25) is 19.4 Å². The summed E-state index contributed by atoms with van der Waals surface area (Å²) in [5.74, 6) is 0.241. The first-order valence-corrected chi connectivity index (χ1v) is 7.63. The second kappa shape index (κ2) is 9.72. The number of amides is 2. The highest BCUT2D eigenvalue weighted by Gasteiger charge is 2.16. The van der Waals surface area contributed by atoms with Gasteiger partial charge in [0.05, 0.1) is 0 Å². The molecular formula is C14H28N4O2. The Morgan fingerprint density at radius 2 is 1.15 bits per heavy atom. The van der Waals surface area contributed by atoms with Crippen molar-refractivity contribution in [3.05, 3.63) is 0 Å². The van der Waals surface area contributed by atoms with Gasteiger partial charge in [0.25, 0.3) is 0 Å². The number of rotatable bonds is 8. The van der Waals surface area contributed by atoms with Gasteiger partial charge < -0.3 is 10.6 Å². The molecule has 6 heteroatoms. The van der Waals surface area contributed by atoms with Crippen LogP contribution in [0.3, 0.4) is 0 Å². The molecular weight excluding hydrogens is 256 g/mol. The third-order valence-electron chi connectivity index (χ3n) is 3.61. The Morgan fingerprint density at radius 3 is 1.45 bits per heavy atom. The highest BCUT2D eigenvalue weighted by Crippen LogP contribution is 2.00. The summed E-state index contributed by atoms with van der Waals surface area (Å²) < 4.78 is 0. The molecule has 0 aliphatic carbocycles. The molecule has 0 saturated carbocycles. The van der Waals surface area contributed by atoms with E-state index in [1.165, 1.54) is 0 Å². The second-order valence-corrected chi connectivity index (χ2v) is 5.09. The molecule has 0 aromatic carbocycles. The van der Waals surface area contributed by atoms with E-state index in [-0.39, 0.29) is 11.8 Å². The molecule has 2 N–H and O–H groups in total. The van der Waals surface area contributed by atoms with E-state index in [9.17, 15) is 9.59 Å². The summed E-state index contributed by atoms with van der Waals surface area (Å²) in [5, 5.41) is 5.80. The molecule has 0 spiro atoms. The van der Waals surface area contributed by atoms with Crippen LogP contribution in [0.15, 0.2) is 0 Å². The van der Waals surface area contributed by atoms with Crippen molar-refractivity contribution < 1.29 is 9.59 Å². The van der Waals surface area contributed by atoms with Crippen LogP contribution in [-0.4, -0.2) is 74.0 Å². The topological polar surface area (TPSA) is 64.7 Å². The van der Waals surface area contributed by atoms with Crippen LogP contribution in [0.5, 0.6) is 0 Å². The van der Waals surface area contributed by atoms with Gasteiger partial charge in [0.1, 0.15) is 0 Å². The minimum absolute atomic E-state index is 0.121. The molecule has 1 aliphatic heterocycles. The molecule has 0 radical (unpaired) electrons. The zero-order valence-electron chi connectivity index (χ0n) is 12.8. The summed E-state index contributed by atoms with van der Waals surface area (Å²) in [6, 6.07) is 0. The Kier molecular flexibility index (Phi) is 8.22. The van der Waals surface area contributed by atoms with Gasteiger partial charge in [-0.15, -0.1) is 0 Å². The molecule has 2 amide bonds. The van der Waals surface area contributed by atoms with Crippen LogP contribution in [-0.2, 0) is 9.59 Å². The molecule has 1 heterocycles. The number of carbonyl (C=O) groups excluding carboxylic acids is 2. The van der Waals surface area contributed by atoms with Crippen molar-refractivity contribution in [2.45, 2.75) is 26.7 Å². The van der Waals surface area contributed by atoms with E-state index in [4.69, 9.17) is 0 Å². The standard InChI is InChI=1S/C14H28N4O2/c1-3-13(19)15-5-7-17-9-11-18(12-10-17)8-6-16-14(20)4-2/h3-12H2,1-2H3,(H,15,19)(H,16,20). The summed E-state index contributed by atoms with van der Waals surface area (Å²) >= 11 is 0. The fourth-order valence-corrected chi connectivity index (χ4v) is 2.19. The molecule has 1 rings (SSSR count). The molecule has 1 saturated heterocycles. The van der Waals surface area contributed by atoms with Gasteiger partial charge in [-0.1, -0.05) is 13.8 Å². The Labute approximate surface area is 121 Å². The van der Waals surface area contributed by atoms with Gasteiger partial charge in [0.15, 0.2) is 0 Å². The summed E-state index contributed by atoms with van der Waals surface area (Å²) in [6.45, 7) is 11.2. The van der Waals surface area contributed by atoms with Crippen molar-refractivity contribution in [1.82, 2.24) is 20.4 Å². The predicted octanol–water partition coefficient (Wildman–Crippen LogP) is -0.344. The predicted molar refractivity (Wildman–Crippen MR) is 79.5 cm³/mol. The van der Waals surface area contributed by atoms with Crippen molar-refractivity contribution >= 4 is 11.8 Å². The lowest BCUT2D eigenvalue weighted by Crippen LogP contribution is -2.49. The molecule has 1 fully saturated rings. The molecule has 0 unspecified atom stereocenters. The van der Waals surface area contributed by atoms with Crippen molar-refractivity contribution in [3.8, 4) is 0 Å². The van der Waals surface area contributed by atoms with E-state index >= 15 is 0 Å². The molecule has 1 aliphatic rings. The molecule has 6 nitrogen and oxygen atoms in total. The average Bonchev–Trinajstić information content (AvgIpc) is 2.48. The highest BCUT2D eigenvalue weighted by atomic mass is 16.2. The van der Waals surface area contributed by atoms with Crippen LogP contribution in [0.1, 0.15) is 26.7 Å². The van der Waals surface area contributed by atoms with E-state index in [1.54, 1.807) is 0 Å². The van der Waals surface area contributed by atoms with Crippen molar-refractivity contribution in [2.24, 2.45) is 0 Å². The molecule has 0 atom stereocenters. The molecule has 0 aromatic rings. The van der Waals surface area contributed by atoms with Crippen LogP contribution in [0.2, 0.25) is 0 Å². The van der Waals surface area contributed by atoms with Crippen molar-refractivity contribution in [1.29, 1.82) is 0 Å². The van der Waals surface area contributed by atoms with Crippen molar-refractivity contribution in [2.75, 3.05) is 52.4 Å². The smallest absolute Gasteiger partial charge is 0.219 e. The molecule has 116 valence electrons. The van der Waals surface area contributed by atoms with Crippen LogP contribution < -0.4 is 10.6 Å². The maximum Gasteiger partial charge on any atom is 0.219 e. The summed E-state index contributed by atoms with van der Waals surface area (Å²) in [6.07, 6.45) is 1.11. The highest BCUT2D eigenvalue weighted by molar-refractivity contribution is 5.75. The van der Waals surface area contributed by atoms with Crippen LogP contribution in [0.25, 0.3) is 0 Å². The lowest BCUT2D eigenvalue weighted by molar-refractivity contribution is -0.121. The van der Waals surface area contributed by atoms with E-state index in [0.29, 0.717) is 12.8 Å². The second-order valence-electron chi connectivity index (χ2n) is 5.09. The van der Waals surface area contributed by atoms with Crippen molar-refractivity contribution in [3.63, 3.8) is 0 Å². The van der Waals surface area contributed by atoms with Gasteiger partial charge in [0.2, 0.25) is 11.8 Å². The van der Waals surface area contributed by atoms with Crippen LogP contribution in [0, 0.1) is 0 Å². The number of nitrogens with one attached hydrogen (secondary N) is 2. The SMILES string of the molecule is CCC(=O)NCCN1CCN(CCNC(=O)CC)CC1. The van der Waals surface area contributed by atoms with Gasteiger partial charge in [0, 0.05) is 65.2 Å². The molecule has 0 bridgehead atoms. The lowest BCUT2D eigenvalue weighted by atomic mass is 10.3. The molecule has 20 heavy (non-hydrogen) atoms. The Hall–Kier alpha value is -1.14. The average molecular weight is 284 g/mol. The monoisotopic (exact) mass is 284 g/mol. The fourth-order valence-electron chi connectivity index (χ4n) is 2.19. The van der Waals surface area contributed by atoms with Crippen LogP contribution >= 0.6 is 0 Å². The van der Waals surface area contributed by atoms with Gasteiger partial charge in [-0.25, -0.2) is 0 Å². The van der Waals surface area contributed by atoms with E-state index in [0.717, 1.165) is 52.4 Å². The van der Waals surface area contributed by atoms with E-state index < -0.39 is 0 Å². The number of piperazine rings is 1. The Bertz CT molecular complexity index is 272. The summed E-state index contributed by atoms with van der Waals surface area (Å²) in [4.78, 5) is 27.0. The Balaban J connectivity index is 2.05. The maximum absolute atomic E-state index is 11.1. The normalized spacial score (nSPS) is 16.9. The third-order valence-corrected chi connectivity index (χ3v) is 3.61. The van der Waals surface area contributed by atoms with Gasteiger partial charge in [-0.2, -0.15) is 0 Å². The first kappa shape index (κ1) is 16.9. The van der Waals surface area contributed by atoms with Crippen LogP contribution in [0.4, 0.5) is 0 Å². The first-order valence-electron chi connectivity index (χ1n) is 7.63. The summed E-state index contributed by atoms with van der Waals surface area (Å²) in [5.41, 5.74) is 0. The fraction of sp³-hybridized carbons (Fsp3) is 0.857. The minimum atomic E-state index is 0.121.